The maximum Gasteiger partial charge on any atom is -0.0306 e. The van der Waals surface area contributed by atoms with Crippen LogP contribution in [0, 0.1) is 0 Å². The first-order chi connectivity index (χ1) is 5.29. The quantitative estimate of drug-likeness (QED) is 0.589. The van der Waals surface area contributed by atoms with Crippen LogP contribution in [0.1, 0.15) is 25.0 Å². The molecule has 1 aromatic rings. The molecule has 0 unspecified atom stereocenters. The minimum absolute atomic E-state index is 1.09. The van der Waals surface area contributed by atoms with Crippen molar-refractivity contribution in [2.75, 3.05) is 0 Å². The van der Waals surface area contributed by atoms with Gasteiger partial charge in [-0.05, 0) is 18.4 Å². The Kier molecular flexibility index (Phi) is 3.08. The highest BCUT2D eigenvalue weighted by molar-refractivity contribution is 7.27. The Morgan fingerprint density at radius 3 is 2.36 bits per heavy atom. The van der Waals surface area contributed by atoms with Gasteiger partial charge in [-0.15, -0.1) is 11.6 Å². The number of hydrogen-bond donors (Lipinski definition) is 0. The molecule has 0 bridgehead atoms. The Bertz CT molecular complexity index is 241. The van der Waals surface area contributed by atoms with E-state index in [4.69, 9.17) is 0 Å². The van der Waals surface area contributed by atoms with E-state index < -0.39 is 0 Å². The molecule has 0 nitrogen and oxygen atoms in total. The van der Waals surface area contributed by atoms with Crippen molar-refractivity contribution in [3.63, 3.8) is 0 Å². The summed E-state index contributed by atoms with van der Waals surface area (Å²) in [7, 11) is 4.40. The van der Waals surface area contributed by atoms with E-state index in [2.05, 4.69) is 41.3 Å². The molecule has 0 atom stereocenters. The average Bonchev–Trinajstić information content (AvgIpc) is 2.04. The second-order valence-corrected chi connectivity index (χ2v) is 3.10. The van der Waals surface area contributed by atoms with Crippen LogP contribution in [0.3, 0.4) is 0 Å². The van der Waals surface area contributed by atoms with Crippen LogP contribution in [-0.4, -0.2) is 0 Å². The lowest BCUT2D eigenvalue weighted by Gasteiger charge is -2.38. The fourth-order valence-electron chi connectivity index (χ4n) is 1.36. The molecule has 0 radical (unpaired) electrons. The summed E-state index contributed by atoms with van der Waals surface area (Å²) >= 11 is 0. The molecule has 11 heavy (non-hydrogen) atoms. The van der Waals surface area contributed by atoms with E-state index in [0.29, 0.717) is 0 Å². The first-order valence-corrected chi connectivity index (χ1v) is 4.54. The van der Waals surface area contributed by atoms with Crippen LogP contribution < -0.4 is 5.30 Å². The predicted molar refractivity (Wildman–Crippen MR) is 51.8 cm³/mol. The van der Waals surface area contributed by atoms with E-state index in [0.717, 1.165) is 18.1 Å². The lowest BCUT2D eigenvalue weighted by atomic mass is 10.0. The second-order valence-electron chi connectivity index (χ2n) is 2.62. The maximum atomic E-state index is 4.40. The van der Waals surface area contributed by atoms with Crippen molar-refractivity contribution in [2.24, 2.45) is 0 Å². The van der Waals surface area contributed by atoms with Crippen molar-refractivity contribution in [2.45, 2.75) is 26.7 Å². The van der Waals surface area contributed by atoms with Gasteiger partial charge in [0.1, 0.15) is 0 Å². The Labute approximate surface area is 71.2 Å². The van der Waals surface area contributed by atoms with Gasteiger partial charge in [-0.2, -0.15) is 0 Å². The molecule has 0 heterocycles. The molecule has 0 N–H and O–H groups in total. The summed E-state index contributed by atoms with van der Waals surface area (Å²) < 4.78 is 0. The van der Waals surface area contributed by atoms with Gasteiger partial charge in [0.25, 0.3) is 0 Å². The third-order valence-corrected chi connectivity index (χ3v) is 2.40. The average molecular weight is 164 g/mol. The summed E-state index contributed by atoms with van der Waals surface area (Å²) in [5, 5.41) is 1.13. The van der Waals surface area contributed by atoms with Gasteiger partial charge < -0.3 is 14.5 Å². The Hall–Kier alpha value is -0.350. The highest BCUT2D eigenvalue weighted by Crippen LogP contribution is 2.10. The van der Waals surface area contributed by atoms with Gasteiger partial charge >= 0.3 is 0 Å². The van der Waals surface area contributed by atoms with E-state index in [1.165, 1.54) is 11.1 Å². The molecule has 0 saturated heterocycles. The van der Waals surface area contributed by atoms with Crippen LogP contribution in [0.2, 0.25) is 0 Å². The number of hydrogen-bond acceptors (Lipinski definition) is 0. The third-order valence-electron chi connectivity index (χ3n) is 1.98. The van der Waals surface area contributed by atoms with E-state index in [9.17, 15) is 0 Å². The van der Waals surface area contributed by atoms with Crippen molar-refractivity contribution in [1.82, 2.24) is 0 Å². The lowest BCUT2D eigenvalue weighted by Crippen LogP contribution is -2.04. The van der Waals surface area contributed by atoms with E-state index in [1.54, 1.807) is 0 Å². The number of benzene rings is 1. The highest BCUT2D eigenvalue weighted by atomic mass is 31.0. The van der Waals surface area contributed by atoms with Gasteiger partial charge in [0.15, 0.2) is 0 Å². The van der Waals surface area contributed by atoms with Crippen LogP contribution in [0.4, 0.5) is 0 Å². The summed E-state index contributed by atoms with van der Waals surface area (Å²) in [6, 6.07) is 6.31. The zero-order valence-corrected chi connectivity index (χ0v) is 7.99. The van der Waals surface area contributed by atoms with Crippen molar-refractivity contribution in [3.8, 4) is 0 Å². The topological polar surface area (TPSA) is 0 Å². The minimum atomic E-state index is 1.09. The summed E-state index contributed by atoms with van der Waals surface area (Å²) in [6.07, 6.45) is 2.19. The van der Waals surface area contributed by atoms with Gasteiger partial charge in [-0.1, -0.05) is 26.0 Å². The van der Waals surface area contributed by atoms with Crippen LogP contribution in [0.5, 0.6) is 0 Å². The van der Waals surface area contributed by atoms with Crippen molar-refractivity contribution >= 4 is 14.5 Å². The minimum Gasteiger partial charge on any atom is -1.45 e. The van der Waals surface area contributed by atoms with Crippen LogP contribution in [0.15, 0.2) is 18.2 Å². The van der Waals surface area contributed by atoms with Gasteiger partial charge in [0, 0.05) is 0 Å². The Morgan fingerprint density at radius 2 is 1.91 bits per heavy atom. The summed E-state index contributed by atoms with van der Waals surface area (Å²) in [5.41, 5.74) is 2.83. The normalized spacial score (nSPS) is 10.1. The molecule has 1 heteroatoms. The van der Waals surface area contributed by atoms with Crippen molar-refractivity contribution in [1.29, 1.82) is 0 Å². The van der Waals surface area contributed by atoms with Gasteiger partial charge in [0.2, 0.25) is 0 Å². The maximum absolute atomic E-state index is 4.40. The number of aryl methyl sites for hydroxylation is 1. The molecule has 1 rings (SSSR count). The van der Waals surface area contributed by atoms with Gasteiger partial charge in [-0.25, -0.2) is 0 Å². The van der Waals surface area contributed by atoms with E-state index in [1.807, 2.05) is 0 Å². The van der Waals surface area contributed by atoms with Crippen LogP contribution in [-0.2, 0) is 12.8 Å². The lowest BCUT2D eigenvalue weighted by molar-refractivity contribution is 1.05. The Morgan fingerprint density at radius 1 is 1.18 bits per heavy atom. The summed E-state index contributed by atoms with van der Waals surface area (Å²) in [6.45, 7) is 4.36. The van der Waals surface area contributed by atoms with E-state index in [-0.39, 0.29) is 0 Å². The zero-order chi connectivity index (χ0) is 8.27. The molecule has 60 valence electrons. The Balaban J connectivity index is 3.13. The standard InChI is InChI=1S/C10H13P/c1-3-8-6-5-7-10(11)9(8)4-2/h5-7H,3-4H2,1-2H3/q-2. The molecule has 0 amide bonds. The molecule has 0 saturated carbocycles. The first-order valence-electron chi connectivity index (χ1n) is 4.09. The highest BCUT2D eigenvalue weighted by Gasteiger charge is 1.91. The molecule has 0 aliphatic carbocycles. The fourth-order valence-corrected chi connectivity index (χ4v) is 1.75. The molecule has 0 fully saturated rings. The fraction of sp³-hybridized carbons (Fsp3) is 0.400. The summed E-state index contributed by atoms with van der Waals surface area (Å²) in [4.78, 5) is 0. The zero-order valence-electron chi connectivity index (χ0n) is 7.09. The smallest absolute Gasteiger partial charge is 0.0306 e. The molecular weight excluding hydrogens is 151 g/mol. The third kappa shape index (κ3) is 1.81. The molecule has 0 aromatic heterocycles. The van der Waals surface area contributed by atoms with Crippen LogP contribution >= 0.6 is 9.24 Å². The van der Waals surface area contributed by atoms with Crippen LogP contribution in [0.25, 0.3) is 0 Å². The molecule has 0 spiro atoms. The predicted octanol–water partition coefficient (Wildman–Crippen LogP) is 2.85. The van der Waals surface area contributed by atoms with Crippen molar-refractivity contribution in [3.05, 3.63) is 29.3 Å². The molecule has 1 aromatic carbocycles. The van der Waals surface area contributed by atoms with Gasteiger partial charge in [0.05, 0.1) is 0 Å². The number of rotatable bonds is 2. The summed E-state index contributed by atoms with van der Waals surface area (Å²) in [5.74, 6) is 0. The monoisotopic (exact) mass is 164 g/mol. The first kappa shape index (κ1) is 8.74. The second kappa shape index (κ2) is 3.88. The molecular formula is C10H13P-2. The SMILES string of the molecule is CCc1cccc([P-2])c1CC. The molecule has 0 aliphatic heterocycles. The largest absolute Gasteiger partial charge is 1.45 e. The van der Waals surface area contributed by atoms with Gasteiger partial charge in [-0.3, -0.25) is 0 Å². The van der Waals surface area contributed by atoms with E-state index >= 15 is 0 Å². The molecule has 0 aliphatic rings. The van der Waals surface area contributed by atoms with Crippen molar-refractivity contribution < 1.29 is 0 Å².